The molecule has 2 aromatic carbocycles. The van der Waals surface area contributed by atoms with Gasteiger partial charge in [0.05, 0.1) is 24.1 Å². The maximum absolute atomic E-state index is 13.2. The van der Waals surface area contributed by atoms with Crippen molar-refractivity contribution in [2.24, 2.45) is 0 Å². The van der Waals surface area contributed by atoms with Crippen LogP contribution in [0, 0.1) is 10.1 Å². The topological polar surface area (TPSA) is 114 Å². The zero-order valence-electron chi connectivity index (χ0n) is 21.0. The first-order valence-electron chi connectivity index (χ1n) is 12.2. The molecule has 0 spiro atoms. The largest absolute Gasteiger partial charge is 0.497 e. The lowest BCUT2D eigenvalue weighted by atomic mass is 10.2. The Morgan fingerprint density at radius 1 is 1.11 bits per heavy atom. The van der Waals surface area contributed by atoms with Crippen molar-refractivity contribution < 1.29 is 24.0 Å². The summed E-state index contributed by atoms with van der Waals surface area (Å²) in [5, 5.41) is 14.0. The molecule has 37 heavy (non-hydrogen) atoms. The molecular weight excluding hydrogens is 496 g/mol. The number of benzene rings is 2. The highest BCUT2D eigenvalue weighted by Crippen LogP contribution is 2.31. The Labute approximate surface area is 220 Å². The number of amides is 2. The molecule has 0 saturated carbocycles. The number of hydrogen-bond donors (Lipinski definition) is 1. The molecule has 2 amide bonds. The smallest absolute Gasteiger partial charge is 0.407 e. The third-order valence-corrected chi connectivity index (χ3v) is 8.09. The van der Waals surface area contributed by atoms with Crippen LogP contribution in [0.5, 0.6) is 5.75 Å². The predicted octanol–water partition coefficient (Wildman–Crippen LogP) is 3.44. The van der Waals surface area contributed by atoms with Gasteiger partial charge in [-0.3, -0.25) is 19.8 Å². The van der Waals surface area contributed by atoms with Gasteiger partial charge >= 0.3 is 6.09 Å². The molecule has 2 fully saturated rings. The fourth-order valence-electron chi connectivity index (χ4n) is 4.66. The molecule has 4 rings (SSSR count). The van der Waals surface area contributed by atoms with Gasteiger partial charge in [0.2, 0.25) is 5.91 Å². The number of nitro groups is 1. The maximum atomic E-state index is 13.2. The Balaban J connectivity index is 1.19. The zero-order valence-corrected chi connectivity index (χ0v) is 21.8. The van der Waals surface area contributed by atoms with Crippen LogP contribution in [0.2, 0.25) is 0 Å². The van der Waals surface area contributed by atoms with Crippen molar-refractivity contribution in [2.45, 2.75) is 42.5 Å². The third kappa shape index (κ3) is 7.14. The van der Waals surface area contributed by atoms with Gasteiger partial charge in [-0.2, -0.15) is 11.8 Å². The molecule has 2 aliphatic heterocycles. The van der Waals surface area contributed by atoms with Gasteiger partial charge in [-0.05, 0) is 55.3 Å². The molecule has 10 nitrogen and oxygen atoms in total. The second-order valence-corrected chi connectivity index (χ2v) is 10.7. The number of nitro benzene ring substituents is 1. The van der Waals surface area contributed by atoms with Crippen LogP contribution in [0.4, 0.5) is 10.5 Å². The SMILES string of the molecule is COc1ccc(CS[C@H]2C[C@@H](C(=O)N3CC[C@@H](NC(=O)OCc4ccc([N+](=O)[O-])cc4)C3)N(C)C2)cc1. The Bertz CT molecular complexity index is 1100. The summed E-state index contributed by atoms with van der Waals surface area (Å²) in [6, 6.07) is 13.6. The molecule has 0 unspecified atom stereocenters. The van der Waals surface area contributed by atoms with Crippen molar-refractivity contribution in [1.82, 2.24) is 15.1 Å². The number of nitrogens with zero attached hydrogens (tertiary/aromatic N) is 3. The van der Waals surface area contributed by atoms with E-state index in [0.29, 0.717) is 30.3 Å². The second kappa shape index (κ2) is 12.3. The lowest BCUT2D eigenvalue weighted by molar-refractivity contribution is -0.384. The van der Waals surface area contributed by atoms with E-state index < -0.39 is 11.0 Å². The fraction of sp³-hybridized carbons (Fsp3) is 0.462. The summed E-state index contributed by atoms with van der Waals surface area (Å²) in [7, 11) is 3.65. The molecule has 0 aromatic heterocycles. The molecule has 1 N–H and O–H groups in total. The van der Waals surface area contributed by atoms with Crippen molar-refractivity contribution in [3.63, 3.8) is 0 Å². The lowest BCUT2D eigenvalue weighted by Gasteiger charge is -2.25. The molecule has 198 valence electrons. The van der Waals surface area contributed by atoms with Gasteiger partial charge in [0.1, 0.15) is 12.4 Å². The molecule has 2 aliphatic rings. The summed E-state index contributed by atoms with van der Waals surface area (Å²) in [4.78, 5) is 39.7. The van der Waals surface area contributed by atoms with E-state index in [0.717, 1.165) is 24.5 Å². The minimum atomic E-state index is -0.564. The van der Waals surface area contributed by atoms with E-state index in [2.05, 4.69) is 22.3 Å². The van der Waals surface area contributed by atoms with Crippen molar-refractivity contribution in [1.29, 1.82) is 0 Å². The summed E-state index contributed by atoms with van der Waals surface area (Å²) >= 11 is 1.87. The van der Waals surface area contributed by atoms with Gasteiger partial charge in [0, 0.05) is 42.8 Å². The number of hydrogen-bond acceptors (Lipinski definition) is 8. The molecule has 0 radical (unpaired) electrons. The Morgan fingerprint density at radius 2 is 1.81 bits per heavy atom. The molecule has 2 saturated heterocycles. The van der Waals surface area contributed by atoms with Crippen LogP contribution in [0.3, 0.4) is 0 Å². The number of likely N-dealkylation sites (N-methyl/N-ethyl adjacent to an activating group) is 1. The van der Waals surface area contributed by atoms with Gasteiger partial charge in [-0.25, -0.2) is 4.79 Å². The van der Waals surface area contributed by atoms with E-state index in [1.54, 1.807) is 19.2 Å². The number of carbonyl (C=O) groups excluding carboxylic acids is 2. The first kappa shape index (κ1) is 26.7. The monoisotopic (exact) mass is 528 g/mol. The fourth-order valence-corrected chi connectivity index (χ4v) is 5.94. The van der Waals surface area contributed by atoms with Crippen LogP contribution < -0.4 is 10.1 Å². The number of likely N-dealkylation sites (tertiary alicyclic amines) is 2. The van der Waals surface area contributed by atoms with Crippen LogP contribution in [0.25, 0.3) is 0 Å². The highest BCUT2D eigenvalue weighted by molar-refractivity contribution is 7.99. The normalized spacial score (nSPS) is 21.6. The molecule has 2 aromatic rings. The standard InChI is InChI=1S/C26H32N4O6S/c1-28-15-23(37-17-19-5-9-22(35-2)10-6-19)13-24(28)25(31)29-12-11-20(14-29)27-26(32)36-16-18-3-7-21(8-4-18)30(33)34/h3-10,20,23-24H,11-17H2,1-2H3,(H,27,32)/t20-,23+,24+/m1/s1. The molecule has 3 atom stereocenters. The average molecular weight is 529 g/mol. The van der Waals surface area contributed by atoms with E-state index >= 15 is 0 Å². The Morgan fingerprint density at radius 3 is 2.49 bits per heavy atom. The minimum absolute atomic E-state index is 0.0148. The Hall–Kier alpha value is -3.31. The van der Waals surface area contributed by atoms with Crippen LogP contribution in [0.15, 0.2) is 48.5 Å². The van der Waals surface area contributed by atoms with Gasteiger partial charge in [-0.1, -0.05) is 12.1 Å². The van der Waals surface area contributed by atoms with Gasteiger partial charge in [0.25, 0.3) is 5.69 Å². The number of carbonyl (C=O) groups is 2. The summed E-state index contributed by atoms with van der Waals surface area (Å²) < 4.78 is 10.5. The maximum Gasteiger partial charge on any atom is 0.407 e. The number of ether oxygens (including phenoxy) is 2. The number of thioether (sulfide) groups is 1. The van der Waals surface area contributed by atoms with Crippen LogP contribution in [-0.2, 0) is 21.9 Å². The third-order valence-electron chi connectivity index (χ3n) is 6.78. The highest BCUT2D eigenvalue weighted by Gasteiger charge is 2.39. The number of rotatable bonds is 9. The van der Waals surface area contributed by atoms with Crippen molar-refractivity contribution >= 4 is 29.4 Å². The summed E-state index contributed by atoms with van der Waals surface area (Å²) in [6.07, 6.45) is 0.914. The van der Waals surface area contributed by atoms with Gasteiger partial charge in [-0.15, -0.1) is 0 Å². The molecule has 11 heteroatoms. The zero-order chi connectivity index (χ0) is 26.4. The van der Waals surface area contributed by atoms with E-state index in [1.165, 1.54) is 17.7 Å². The second-order valence-electron chi connectivity index (χ2n) is 9.39. The average Bonchev–Trinajstić information content (AvgIpc) is 3.52. The summed E-state index contributed by atoms with van der Waals surface area (Å²) in [6.45, 7) is 1.93. The van der Waals surface area contributed by atoms with Gasteiger partial charge < -0.3 is 19.7 Å². The number of nitrogens with one attached hydrogen (secondary N) is 1. The lowest BCUT2D eigenvalue weighted by Crippen LogP contribution is -2.45. The number of non-ortho nitro benzene ring substituents is 1. The number of methoxy groups -OCH3 is 1. The summed E-state index contributed by atoms with van der Waals surface area (Å²) in [5.74, 6) is 1.84. The van der Waals surface area contributed by atoms with Crippen molar-refractivity contribution in [3.8, 4) is 5.75 Å². The Kier molecular flexibility index (Phi) is 8.88. The van der Waals surface area contributed by atoms with Gasteiger partial charge in [0.15, 0.2) is 0 Å². The van der Waals surface area contributed by atoms with Crippen molar-refractivity contribution in [2.75, 3.05) is 33.8 Å². The first-order valence-corrected chi connectivity index (χ1v) is 13.3. The molecule has 0 aliphatic carbocycles. The van der Waals surface area contributed by atoms with Crippen LogP contribution in [0.1, 0.15) is 24.0 Å². The van der Waals surface area contributed by atoms with Crippen LogP contribution >= 0.6 is 11.8 Å². The molecule has 0 bridgehead atoms. The van der Waals surface area contributed by atoms with E-state index in [4.69, 9.17) is 9.47 Å². The van der Waals surface area contributed by atoms with Crippen LogP contribution in [-0.4, -0.2) is 77.8 Å². The first-order chi connectivity index (χ1) is 17.8. The molecular formula is C26H32N4O6S. The quantitative estimate of drug-likeness (QED) is 0.389. The van der Waals surface area contributed by atoms with Crippen molar-refractivity contribution in [3.05, 3.63) is 69.8 Å². The van der Waals surface area contributed by atoms with E-state index in [9.17, 15) is 19.7 Å². The number of alkyl carbamates (subject to hydrolysis) is 1. The van der Waals surface area contributed by atoms with E-state index in [-0.39, 0.29) is 30.3 Å². The predicted molar refractivity (Wildman–Crippen MR) is 141 cm³/mol. The van der Waals surface area contributed by atoms with E-state index in [1.807, 2.05) is 35.8 Å². The minimum Gasteiger partial charge on any atom is -0.497 e. The highest BCUT2D eigenvalue weighted by atomic mass is 32.2. The molecule has 2 heterocycles. The summed E-state index contributed by atoms with van der Waals surface area (Å²) in [5.41, 5.74) is 1.88.